The lowest BCUT2D eigenvalue weighted by Crippen LogP contribution is -1.95. The molecule has 0 aliphatic rings. The van der Waals surface area contributed by atoms with Crippen LogP contribution in [0.4, 0.5) is 17.3 Å². The van der Waals surface area contributed by atoms with Gasteiger partial charge in [-0.25, -0.2) is 15.0 Å². The predicted molar refractivity (Wildman–Crippen MR) is 94.5 cm³/mol. The van der Waals surface area contributed by atoms with Crippen molar-refractivity contribution in [3.05, 3.63) is 59.6 Å². The van der Waals surface area contributed by atoms with E-state index in [9.17, 15) is 0 Å². The van der Waals surface area contributed by atoms with E-state index in [0.717, 1.165) is 11.4 Å². The lowest BCUT2D eigenvalue weighted by Gasteiger charge is -2.06. The van der Waals surface area contributed by atoms with Crippen molar-refractivity contribution in [1.82, 2.24) is 25.1 Å². The topological polar surface area (TPSA) is 94.6 Å². The number of anilines is 2. The van der Waals surface area contributed by atoms with Crippen molar-refractivity contribution in [2.45, 2.75) is 0 Å². The number of rotatable bonds is 4. The van der Waals surface area contributed by atoms with Gasteiger partial charge >= 0.3 is 0 Å². The van der Waals surface area contributed by atoms with E-state index in [1.807, 2.05) is 42.6 Å². The van der Waals surface area contributed by atoms with Crippen molar-refractivity contribution in [1.29, 1.82) is 0 Å². The van der Waals surface area contributed by atoms with Crippen molar-refractivity contribution in [3.63, 3.8) is 0 Å². The molecule has 7 nitrogen and oxygen atoms in total. The van der Waals surface area contributed by atoms with Gasteiger partial charge in [0.05, 0.1) is 11.9 Å². The van der Waals surface area contributed by atoms with Crippen LogP contribution >= 0.6 is 11.6 Å². The van der Waals surface area contributed by atoms with Crippen LogP contribution in [-0.4, -0.2) is 31.4 Å². The molecule has 4 aromatic rings. The molecule has 118 valence electrons. The van der Waals surface area contributed by atoms with Crippen LogP contribution in [0.15, 0.2) is 53.9 Å². The summed E-state index contributed by atoms with van der Waals surface area (Å²) in [6, 6.07) is 11.2. The zero-order valence-corrected chi connectivity index (χ0v) is 13.1. The highest BCUT2D eigenvalue weighted by molar-refractivity contribution is 6.30. The minimum Gasteiger partial charge on any atom is -0.360 e. The first-order chi connectivity index (χ1) is 11.8. The minimum atomic E-state index is 0.504. The van der Waals surface area contributed by atoms with E-state index >= 15 is 0 Å². The summed E-state index contributed by atoms with van der Waals surface area (Å²) < 4.78 is 0. The van der Waals surface area contributed by atoms with E-state index in [-0.39, 0.29) is 0 Å². The fraction of sp³-hybridized carbons (Fsp3) is 0. The van der Waals surface area contributed by atoms with Gasteiger partial charge in [-0.3, -0.25) is 5.10 Å². The Kier molecular flexibility index (Phi) is 3.68. The van der Waals surface area contributed by atoms with Gasteiger partial charge < -0.3 is 10.3 Å². The quantitative estimate of drug-likeness (QED) is 0.493. The summed E-state index contributed by atoms with van der Waals surface area (Å²) in [6.07, 6.45) is 5.00. The maximum absolute atomic E-state index is 6.03. The molecule has 3 aromatic heterocycles. The molecule has 4 rings (SSSR count). The summed E-state index contributed by atoms with van der Waals surface area (Å²) in [5, 5.41) is 11.7. The number of nitrogens with one attached hydrogen (secondary N) is 3. The molecule has 0 bridgehead atoms. The Morgan fingerprint density at radius 1 is 1.17 bits per heavy atom. The van der Waals surface area contributed by atoms with Crippen molar-refractivity contribution >= 4 is 46.2 Å². The molecule has 0 saturated carbocycles. The van der Waals surface area contributed by atoms with Crippen LogP contribution in [-0.2, 0) is 0 Å². The molecular weight excluding hydrogens is 326 g/mol. The van der Waals surface area contributed by atoms with Crippen LogP contribution < -0.4 is 5.32 Å². The molecule has 24 heavy (non-hydrogen) atoms. The van der Waals surface area contributed by atoms with Gasteiger partial charge in [0.25, 0.3) is 0 Å². The first-order valence-corrected chi connectivity index (χ1v) is 7.56. The lowest BCUT2D eigenvalue weighted by molar-refractivity contribution is 1.08. The summed E-state index contributed by atoms with van der Waals surface area (Å²) in [7, 11) is 0. The minimum absolute atomic E-state index is 0.504. The van der Waals surface area contributed by atoms with E-state index in [2.05, 4.69) is 35.5 Å². The number of hydrogen-bond donors (Lipinski definition) is 3. The zero-order valence-electron chi connectivity index (χ0n) is 12.4. The summed E-state index contributed by atoms with van der Waals surface area (Å²) >= 11 is 6.03. The smallest absolute Gasteiger partial charge is 0.187 e. The van der Waals surface area contributed by atoms with Gasteiger partial charge in [-0.15, -0.1) is 0 Å². The van der Waals surface area contributed by atoms with Crippen molar-refractivity contribution in [2.75, 3.05) is 5.32 Å². The SMILES string of the molecule is Clc1cccc(Nc2ncnc3[nH]nc(N=Cc4ccc[nH]4)c23)c1. The molecule has 1 aromatic carbocycles. The van der Waals surface area contributed by atoms with Crippen molar-refractivity contribution < 1.29 is 0 Å². The van der Waals surface area contributed by atoms with Crippen LogP contribution in [0.2, 0.25) is 5.02 Å². The molecule has 0 aliphatic carbocycles. The van der Waals surface area contributed by atoms with Crippen LogP contribution in [0.3, 0.4) is 0 Å². The zero-order chi connectivity index (χ0) is 16.4. The first kappa shape index (κ1) is 14.4. The average molecular weight is 338 g/mol. The van der Waals surface area contributed by atoms with E-state index in [1.165, 1.54) is 6.33 Å². The fourth-order valence-electron chi connectivity index (χ4n) is 2.29. The molecule has 8 heteroatoms. The number of benzene rings is 1. The third kappa shape index (κ3) is 2.84. The molecule has 3 N–H and O–H groups in total. The number of fused-ring (bicyclic) bond motifs is 1. The van der Waals surface area contributed by atoms with Crippen LogP contribution in [0, 0.1) is 0 Å². The third-order valence-electron chi connectivity index (χ3n) is 3.37. The number of aromatic amines is 2. The lowest BCUT2D eigenvalue weighted by atomic mass is 10.3. The second kappa shape index (κ2) is 6.13. The Morgan fingerprint density at radius 2 is 2.12 bits per heavy atom. The molecule has 0 amide bonds. The predicted octanol–water partition coefficient (Wildman–Crippen LogP) is 3.83. The average Bonchev–Trinajstić information content (AvgIpc) is 3.23. The summed E-state index contributed by atoms with van der Waals surface area (Å²) in [5.41, 5.74) is 2.31. The van der Waals surface area contributed by atoms with Gasteiger partial charge in [0, 0.05) is 16.9 Å². The largest absolute Gasteiger partial charge is 0.360 e. The number of hydrogen-bond acceptors (Lipinski definition) is 5. The Morgan fingerprint density at radius 3 is 2.96 bits per heavy atom. The van der Waals surface area contributed by atoms with Crippen LogP contribution in [0.1, 0.15) is 5.69 Å². The molecule has 0 unspecified atom stereocenters. The number of halogens is 1. The van der Waals surface area contributed by atoms with E-state index < -0.39 is 0 Å². The Hall–Kier alpha value is -3.19. The highest BCUT2D eigenvalue weighted by Crippen LogP contribution is 2.30. The van der Waals surface area contributed by atoms with E-state index in [1.54, 1.807) is 6.21 Å². The second-order valence-corrected chi connectivity index (χ2v) is 5.45. The van der Waals surface area contributed by atoms with Gasteiger partial charge in [0.2, 0.25) is 0 Å². The van der Waals surface area contributed by atoms with Crippen LogP contribution in [0.25, 0.3) is 11.0 Å². The highest BCUT2D eigenvalue weighted by atomic mass is 35.5. The van der Waals surface area contributed by atoms with Gasteiger partial charge in [-0.1, -0.05) is 17.7 Å². The van der Waals surface area contributed by atoms with Gasteiger partial charge in [-0.2, -0.15) is 5.10 Å². The fourth-order valence-corrected chi connectivity index (χ4v) is 2.48. The van der Waals surface area contributed by atoms with Crippen molar-refractivity contribution in [2.24, 2.45) is 4.99 Å². The summed E-state index contributed by atoms with van der Waals surface area (Å²) in [6.45, 7) is 0. The summed E-state index contributed by atoms with van der Waals surface area (Å²) in [4.78, 5) is 16.0. The molecule has 0 fully saturated rings. The highest BCUT2D eigenvalue weighted by Gasteiger charge is 2.12. The molecule has 0 atom stereocenters. The molecular formula is C16H12ClN7. The van der Waals surface area contributed by atoms with E-state index in [0.29, 0.717) is 27.7 Å². The van der Waals surface area contributed by atoms with E-state index in [4.69, 9.17) is 11.6 Å². The van der Waals surface area contributed by atoms with Gasteiger partial charge in [0.15, 0.2) is 11.5 Å². The number of H-pyrrole nitrogens is 2. The Balaban J connectivity index is 1.74. The Bertz CT molecular complexity index is 1000. The standard InChI is InChI=1S/C16H12ClN7/c17-10-3-1-4-11(7-10)22-14-13-15(19-8-12-5-2-6-18-12)23-24-16(13)21-9-20-14/h1-9,18H,(H2,20,21,22,23,24). The number of aliphatic imine (C=N–C) groups is 1. The normalized spacial score (nSPS) is 11.4. The number of aromatic nitrogens is 5. The second-order valence-electron chi connectivity index (χ2n) is 5.01. The Labute approximate surface area is 141 Å². The molecule has 0 spiro atoms. The molecule has 0 saturated heterocycles. The maximum atomic E-state index is 6.03. The monoisotopic (exact) mass is 337 g/mol. The molecule has 0 aliphatic heterocycles. The third-order valence-corrected chi connectivity index (χ3v) is 3.61. The van der Waals surface area contributed by atoms with Crippen LogP contribution in [0.5, 0.6) is 0 Å². The maximum Gasteiger partial charge on any atom is 0.187 e. The molecule has 0 radical (unpaired) electrons. The van der Waals surface area contributed by atoms with Gasteiger partial charge in [0.1, 0.15) is 17.5 Å². The first-order valence-electron chi connectivity index (χ1n) is 7.19. The van der Waals surface area contributed by atoms with Crippen molar-refractivity contribution in [3.8, 4) is 0 Å². The van der Waals surface area contributed by atoms with Gasteiger partial charge in [-0.05, 0) is 30.3 Å². The summed E-state index contributed by atoms with van der Waals surface area (Å²) in [5.74, 6) is 1.11. The molecule has 3 heterocycles. The number of nitrogens with zero attached hydrogens (tertiary/aromatic N) is 4.